The summed E-state index contributed by atoms with van der Waals surface area (Å²) in [6, 6.07) is 13.2. The fourth-order valence-corrected chi connectivity index (χ4v) is 4.21. The average Bonchev–Trinajstić information content (AvgIpc) is 2.88. The summed E-state index contributed by atoms with van der Waals surface area (Å²) in [4.78, 5) is 14.9. The maximum Gasteiger partial charge on any atom is 0.266 e. The Hall–Kier alpha value is -1.83. The van der Waals surface area contributed by atoms with Crippen molar-refractivity contribution in [1.29, 1.82) is 0 Å². The highest BCUT2D eigenvalue weighted by molar-refractivity contribution is 9.10. The van der Waals surface area contributed by atoms with Gasteiger partial charge < -0.3 is 9.84 Å². The van der Waals surface area contributed by atoms with E-state index in [4.69, 9.17) is 17.0 Å². The number of ether oxygens (including phenoxy) is 1. The van der Waals surface area contributed by atoms with Crippen molar-refractivity contribution >= 4 is 56.2 Å². The Morgan fingerprint density at radius 3 is 2.73 bits per heavy atom. The van der Waals surface area contributed by atoms with Gasteiger partial charge in [-0.05, 0) is 52.2 Å². The van der Waals surface area contributed by atoms with E-state index >= 15 is 0 Å². The zero-order valence-electron chi connectivity index (χ0n) is 13.9. The Labute approximate surface area is 170 Å². The van der Waals surface area contributed by atoms with Crippen molar-refractivity contribution in [2.45, 2.75) is 13.5 Å². The number of nitrogens with zero attached hydrogens (tertiary/aromatic N) is 1. The summed E-state index contributed by atoms with van der Waals surface area (Å²) < 4.78 is 6.48. The SMILES string of the molecule is CCOc1cc(/C=C2\SC(=S)N(Cc3ccccc3)C2=O)cc(Br)c1O. The highest BCUT2D eigenvalue weighted by Gasteiger charge is 2.32. The standard InChI is InChI=1S/C19H16BrNO3S2/c1-2-24-15-9-13(8-14(20)17(15)22)10-16-18(23)21(19(25)26-16)11-12-6-4-3-5-7-12/h3-10,22H,2,11H2,1H3/b16-10-. The number of phenols is 1. The summed E-state index contributed by atoms with van der Waals surface area (Å²) in [5.41, 5.74) is 1.77. The minimum absolute atomic E-state index is 0.0422. The number of amides is 1. The van der Waals surface area contributed by atoms with Gasteiger partial charge in [-0.25, -0.2) is 0 Å². The molecule has 4 nitrogen and oxygen atoms in total. The van der Waals surface area contributed by atoms with Gasteiger partial charge in [-0.1, -0.05) is 54.3 Å². The molecule has 0 atom stereocenters. The second kappa shape index (κ2) is 8.24. The maximum atomic E-state index is 12.7. The lowest BCUT2D eigenvalue weighted by Crippen LogP contribution is -2.27. The zero-order valence-corrected chi connectivity index (χ0v) is 17.2. The molecule has 1 amide bonds. The van der Waals surface area contributed by atoms with Gasteiger partial charge in [0.1, 0.15) is 4.32 Å². The summed E-state index contributed by atoms with van der Waals surface area (Å²) in [6.45, 7) is 2.73. The van der Waals surface area contributed by atoms with Crippen LogP contribution in [0.15, 0.2) is 51.8 Å². The average molecular weight is 450 g/mol. The summed E-state index contributed by atoms with van der Waals surface area (Å²) >= 11 is 9.96. The van der Waals surface area contributed by atoms with Gasteiger partial charge in [0, 0.05) is 0 Å². The molecule has 1 heterocycles. The third kappa shape index (κ3) is 4.11. The van der Waals surface area contributed by atoms with Crippen LogP contribution in [0.3, 0.4) is 0 Å². The molecular weight excluding hydrogens is 434 g/mol. The van der Waals surface area contributed by atoms with Gasteiger partial charge >= 0.3 is 0 Å². The number of halogens is 1. The van der Waals surface area contributed by atoms with E-state index in [1.165, 1.54) is 11.8 Å². The Morgan fingerprint density at radius 1 is 1.31 bits per heavy atom. The monoisotopic (exact) mass is 449 g/mol. The molecule has 2 aromatic rings. The molecule has 134 valence electrons. The van der Waals surface area contributed by atoms with Crippen LogP contribution >= 0.6 is 39.9 Å². The number of carbonyl (C=O) groups excluding carboxylic acids is 1. The molecule has 0 unspecified atom stereocenters. The van der Waals surface area contributed by atoms with Crippen LogP contribution in [0, 0.1) is 0 Å². The molecular formula is C19H16BrNO3S2. The molecule has 1 fully saturated rings. The van der Waals surface area contributed by atoms with Crippen molar-refractivity contribution in [3.05, 3.63) is 63.0 Å². The number of thioether (sulfide) groups is 1. The van der Waals surface area contributed by atoms with Crippen molar-refractivity contribution in [3.8, 4) is 11.5 Å². The molecule has 7 heteroatoms. The first-order valence-electron chi connectivity index (χ1n) is 7.94. The van der Waals surface area contributed by atoms with E-state index in [9.17, 15) is 9.90 Å². The molecule has 0 aliphatic carbocycles. The zero-order chi connectivity index (χ0) is 18.7. The van der Waals surface area contributed by atoms with Crippen LogP contribution in [0.5, 0.6) is 11.5 Å². The van der Waals surface area contributed by atoms with E-state index in [-0.39, 0.29) is 11.7 Å². The molecule has 1 N–H and O–H groups in total. The molecule has 0 saturated carbocycles. The van der Waals surface area contributed by atoms with Gasteiger partial charge in [0.2, 0.25) is 0 Å². The Bertz CT molecular complexity index is 884. The number of carbonyl (C=O) groups is 1. The van der Waals surface area contributed by atoms with Gasteiger partial charge in [0.15, 0.2) is 11.5 Å². The van der Waals surface area contributed by atoms with E-state index in [1.807, 2.05) is 37.3 Å². The minimum Gasteiger partial charge on any atom is -0.503 e. The number of hydrogen-bond acceptors (Lipinski definition) is 5. The van der Waals surface area contributed by atoms with Gasteiger partial charge in [-0.15, -0.1) is 0 Å². The fourth-order valence-electron chi connectivity index (χ4n) is 2.50. The van der Waals surface area contributed by atoms with E-state index in [0.717, 1.165) is 11.1 Å². The largest absolute Gasteiger partial charge is 0.503 e. The second-order valence-corrected chi connectivity index (χ2v) is 8.07. The number of thiocarbonyl (C=S) groups is 1. The number of aromatic hydroxyl groups is 1. The third-order valence-electron chi connectivity index (χ3n) is 3.71. The lowest BCUT2D eigenvalue weighted by molar-refractivity contribution is -0.122. The summed E-state index contributed by atoms with van der Waals surface area (Å²) in [6.07, 6.45) is 1.76. The molecule has 2 aromatic carbocycles. The van der Waals surface area contributed by atoms with Gasteiger partial charge in [-0.2, -0.15) is 0 Å². The van der Waals surface area contributed by atoms with Crippen LogP contribution in [0.25, 0.3) is 6.08 Å². The second-order valence-electron chi connectivity index (χ2n) is 5.54. The number of benzene rings is 2. The Kier molecular flexibility index (Phi) is 6.01. The Morgan fingerprint density at radius 2 is 2.04 bits per heavy atom. The quantitative estimate of drug-likeness (QED) is 0.516. The van der Waals surface area contributed by atoms with Crippen LogP contribution in [0.1, 0.15) is 18.1 Å². The van der Waals surface area contributed by atoms with Crippen LogP contribution in [-0.4, -0.2) is 26.8 Å². The highest BCUT2D eigenvalue weighted by atomic mass is 79.9. The predicted octanol–water partition coefficient (Wildman–Crippen LogP) is 4.95. The summed E-state index contributed by atoms with van der Waals surface area (Å²) in [7, 11) is 0. The van der Waals surface area contributed by atoms with Crippen molar-refractivity contribution in [1.82, 2.24) is 4.90 Å². The normalized spacial score (nSPS) is 15.8. The molecule has 26 heavy (non-hydrogen) atoms. The third-order valence-corrected chi connectivity index (χ3v) is 5.69. The first-order chi connectivity index (χ1) is 12.5. The van der Waals surface area contributed by atoms with Crippen molar-refractivity contribution in [2.24, 2.45) is 0 Å². The number of phenolic OH excluding ortho intramolecular Hbond substituents is 1. The lowest BCUT2D eigenvalue weighted by Gasteiger charge is -2.14. The van der Waals surface area contributed by atoms with Crippen LogP contribution in [0.4, 0.5) is 0 Å². The van der Waals surface area contributed by atoms with E-state index < -0.39 is 0 Å². The summed E-state index contributed by atoms with van der Waals surface area (Å²) in [5, 5.41) is 10.0. The smallest absolute Gasteiger partial charge is 0.266 e. The van der Waals surface area contributed by atoms with Gasteiger partial charge in [-0.3, -0.25) is 9.69 Å². The number of hydrogen-bond donors (Lipinski definition) is 1. The lowest BCUT2D eigenvalue weighted by atomic mass is 10.1. The van der Waals surface area contributed by atoms with E-state index in [2.05, 4.69) is 15.9 Å². The molecule has 1 aliphatic rings. The van der Waals surface area contributed by atoms with Gasteiger partial charge in [0.05, 0.1) is 22.5 Å². The van der Waals surface area contributed by atoms with Crippen molar-refractivity contribution < 1.29 is 14.6 Å². The maximum absolute atomic E-state index is 12.7. The highest BCUT2D eigenvalue weighted by Crippen LogP contribution is 2.38. The van der Waals surface area contributed by atoms with Crippen LogP contribution in [-0.2, 0) is 11.3 Å². The molecule has 0 radical (unpaired) electrons. The van der Waals surface area contributed by atoms with Crippen molar-refractivity contribution in [2.75, 3.05) is 6.61 Å². The molecule has 1 saturated heterocycles. The first-order valence-corrected chi connectivity index (χ1v) is 9.96. The molecule has 0 bridgehead atoms. The predicted molar refractivity (Wildman–Crippen MR) is 112 cm³/mol. The molecule has 1 aliphatic heterocycles. The van der Waals surface area contributed by atoms with E-state index in [1.54, 1.807) is 23.1 Å². The van der Waals surface area contributed by atoms with Crippen LogP contribution < -0.4 is 4.74 Å². The number of rotatable bonds is 5. The molecule has 0 aromatic heterocycles. The minimum atomic E-state index is -0.119. The van der Waals surface area contributed by atoms with E-state index in [0.29, 0.717) is 32.6 Å². The van der Waals surface area contributed by atoms with Crippen LogP contribution in [0.2, 0.25) is 0 Å². The fraction of sp³-hybridized carbons (Fsp3) is 0.158. The van der Waals surface area contributed by atoms with Crippen molar-refractivity contribution in [3.63, 3.8) is 0 Å². The molecule has 0 spiro atoms. The molecule has 3 rings (SSSR count). The topological polar surface area (TPSA) is 49.8 Å². The summed E-state index contributed by atoms with van der Waals surface area (Å²) in [5.74, 6) is 0.291. The van der Waals surface area contributed by atoms with Gasteiger partial charge in [0.25, 0.3) is 5.91 Å². The first kappa shape index (κ1) is 18.9. The Balaban J connectivity index is 1.86.